The average molecular weight is 698 g/mol. The molecule has 13 nitrogen and oxygen atoms in total. The Morgan fingerprint density at radius 1 is 1.10 bits per heavy atom. The fourth-order valence-electron chi connectivity index (χ4n) is 7.06. The summed E-state index contributed by atoms with van der Waals surface area (Å²) in [5, 5.41) is 9.28. The molecule has 5 aliphatic rings. The first-order valence-corrected chi connectivity index (χ1v) is 17.9. The van der Waals surface area contributed by atoms with Gasteiger partial charge < -0.3 is 19.7 Å². The Hall–Kier alpha value is -3.83. The van der Waals surface area contributed by atoms with Gasteiger partial charge in [-0.1, -0.05) is 0 Å². The summed E-state index contributed by atoms with van der Waals surface area (Å²) in [4.78, 5) is 39.4. The van der Waals surface area contributed by atoms with Crippen LogP contribution in [0.1, 0.15) is 19.8 Å². The minimum atomic E-state index is -3.06. The zero-order chi connectivity index (χ0) is 34.1. The maximum atomic E-state index is 13.7. The standard InChI is InChI=1S/C33H41F2N9O4S/c1-21-29(31-36-8-3-9-44(31)38-21)32(46)37-26-17-43(39-30(26)25-16-24(49-2)4-5-27(25)48-33(34)35)18-28(45)42-10-6-22(7-11-42)40-12-14-41(15-13-40)23-19-47-20-23/h3-5,8-9,16-17,21-23,33,38H,6-7,10-15,18-20H2,1-2H3,(H,37,46). The number of halogens is 2. The van der Waals surface area contributed by atoms with Gasteiger partial charge in [0, 0.05) is 74.4 Å². The van der Waals surface area contributed by atoms with Gasteiger partial charge in [0.1, 0.15) is 18.0 Å². The lowest BCUT2D eigenvalue weighted by Gasteiger charge is -2.46. The number of likely N-dealkylation sites (tertiary alicyclic amines) is 1. The number of ether oxygens (including phenoxy) is 2. The van der Waals surface area contributed by atoms with Crippen molar-refractivity contribution in [3.8, 4) is 17.0 Å². The Kier molecular flexibility index (Phi) is 10.0. The minimum absolute atomic E-state index is 0.0717. The number of alkyl halides is 2. The first-order valence-electron chi connectivity index (χ1n) is 16.6. The number of anilines is 1. The number of aromatic nitrogens is 2. The molecule has 3 saturated heterocycles. The molecule has 0 spiro atoms. The van der Waals surface area contributed by atoms with E-state index in [4.69, 9.17) is 9.47 Å². The van der Waals surface area contributed by atoms with Gasteiger partial charge in [-0.25, -0.2) is 10.4 Å². The molecule has 2 N–H and O–H groups in total. The highest BCUT2D eigenvalue weighted by Gasteiger charge is 2.35. The van der Waals surface area contributed by atoms with E-state index >= 15 is 0 Å². The normalized spacial score (nSPS) is 22.2. The summed E-state index contributed by atoms with van der Waals surface area (Å²) in [6.07, 6.45) is 10.4. The summed E-state index contributed by atoms with van der Waals surface area (Å²) in [5.74, 6) is -0.158. The number of aliphatic imine (C=N–C) groups is 1. The number of nitrogens with zero attached hydrogens (tertiary/aromatic N) is 7. The minimum Gasteiger partial charge on any atom is -0.434 e. The van der Waals surface area contributed by atoms with Crippen LogP contribution in [0.15, 0.2) is 58.0 Å². The van der Waals surface area contributed by atoms with E-state index in [9.17, 15) is 18.4 Å². The zero-order valence-corrected chi connectivity index (χ0v) is 28.4. The molecule has 0 bridgehead atoms. The Labute approximate surface area is 287 Å². The smallest absolute Gasteiger partial charge is 0.387 e. The summed E-state index contributed by atoms with van der Waals surface area (Å²) < 4.78 is 38.7. The van der Waals surface area contributed by atoms with E-state index in [0.29, 0.717) is 36.6 Å². The van der Waals surface area contributed by atoms with Gasteiger partial charge in [0.05, 0.1) is 36.6 Å². The van der Waals surface area contributed by atoms with Gasteiger partial charge in [-0.15, -0.1) is 11.8 Å². The second-order valence-corrected chi connectivity index (χ2v) is 13.6. The predicted molar refractivity (Wildman–Crippen MR) is 181 cm³/mol. The lowest BCUT2D eigenvalue weighted by Crippen LogP contribution is -2.59. The van der Waals surface area contributed by atoms with Crippen LogP contribution in [-0.2, 0) is 20.9 Å². The molecule has 3 fully saturated rings. The first kappa shape index (κ1) is 33.7. The molecule has 1 unspecified atom stereocenters. The van der Waals surface area contributed by atoms with Crippen LogP contribution in [-0.4, -0.2) is 131 Å². The molecule has 2 amide bonds. The molecule has 6 heterocycles. The van der Waals surface area contributed by atoms with E-state index in [1.54, 1.807) is 41.8 Å². The molecule has 0 saturated carbocycles. The maximum absolute atomic E-state index is 13.7. The van der Waals surface area contributed by atoms with Gasteiger partial charge in [0.25, 0.3) is 5.91 Å². The van der Waals surface area contributed by atoms with Crippen LogP contribution in [0.3, 0.4) is 0 Å². The molecular formula is C33H41F2N9O4S. The van der Waals surface area contributed by atoms with Crippen LogP contribution in [0.2, 0.25) is 0 Å². The first-order chi connectivity index (χ1) is 23.8. The van der Waals surface area contributed by atoms with E-state index in [2.05, 4.69) is 30.6 Å². The van der Waals surface area contributed by atoms with Gasteiger partial charge in [-0.3, -0.25) is 29.1 Å². The molecule has 2 aromatic rings. The van der Waals surface area contributed by atoms with E-state index in [-0.39, 0.29) is 41.2 Å². The Balaban J connectivity index is 1.08. The van der Waals surface area contributed by atoms with Gasteiger partial charge >= 0.3 is 6.61 Å². The number of piperidine rings is 1. The number of hydrazine groups is 1. The second-order valence-electron chi connectivity index (χ2n) is 12.7. The average Bonchev–Trinajstić information content (AvgIpc) is 3.63. The number of allylic oxidation sites excluding steroid dienone is 1. The number of carbonyl (C=O) groups excluding carboxylic acids is 2. The molecule has 1 aromatic carbocycles. The van der Waals surface area contributed by atoms with Crippen molar-refractivity contribution in [2.45, 2.75) is 55.9 Å². The van der Waals surface area contributed by atoms with E-state index in [1.165, 1.54) is 22.5 Å². The molecule has 1 atom stereocenters. The molecule has 49 heavy (non-hydrogen) atoms. The lowest BCUT2D eigenvalue weighted by atomic mass is 10.0. The molecule has 5 aliphatic heterocycles. The molecule has 0 aliphatic carbocycles. The summed E-state index contributed by atoms with van der Waals surface area (Å²) in [5.41, 5.74) is 4.33. The lowest BCUT2D eigenvalue weighted by molar-refractivity contribution is -0.134. The molecule has 1 aromatic heterocycles. The number of thioether (sulfide) groups is 1. The van der Waals surface area contributed by atoms with Crippen molar-refractivity contribution in [3.05, 3.63) is 48.1 Å². The second kappa shape index (κ2) is 14.6. The van der Waals surface area contributed by atoms with Crippen LogP contribution >= 0.6 is 11.8 Å². The van der Waals surface area contributed by atoms with Gasteiger partial charge in [0.15, 0.2) is 5.82 Å². The third-order valence-electron chi connectivity index (χ3n) is 9.78. The quantitative estimate of drug-likeness (QED) is 0.359. The van der Waals surface area contributed by atoms with Crippen molar-refractivity contribution < 1.29 is 27.8 Å². The monoisotopic (exact) mass is 697 g/mol. The number of carbonyl (C=O) groups is 2. The number of hydrogen-bond donors (Lipinski definition) is 2. The van der Waals surface area contributed by atoms with Crippen molar-refractivity contribution in [3.63, 3.8) is 0 Å². The van der Waals surface area contributed by atoms with Crippen LogP contribution in [0.4, 0.5) is 14.5 Å². The Bertz CT molecular complexity index is 1650. The van der Waals surface area contributed by atoms with E-state index < -0.39 is 12.5 Å². The van der Waals surface area contributed by atoms with E-state index in [0.717, 1.165) is 57.1 Å². The Morgan fingerprint density at radius 3 is 2.51 bits per heavy atom. The highest BCUT2D eigenvalue weighted by molar-refractivity contribution is 7.98. The number of rotatable bonds is 10. The van der Waals surface area contributed by atoms with Crippen LogP contribution < -0.4 is 15.5 Å². The molecular weight excluding hydrogens is 656 g/mol. The Morgan fingerprint density at radius 2 is 1.84 bits per heavy atom. The van der Waals surface area contributed by atoms with E-state index in [1.807, 2.05) is 18.1 Å². The van der Waals surface area contributed by atoms with Gasteiger partial charge in [-0.05, 0) is 50.3 Å². The highest BCUT2D eigenvalue weighted by atomic mass is 32.2. The number of benzene rings is 1. The number of hydrogen-bond acceptors (Lipinski definition) is 11. The topological polar surface area (TPSA) is 120 Å². The van der Waals surface area contributed by atoms with Crippen molar-refractivity contribution in [1.82, 2.24) is 34.9 Å². The van der Waals surface area contributed by atoms with Crippen LogP contribution in [0, 0.1) is 0 Å². The summed E-state index contributed by atoms with van der Waals surface area (Å²) in [6, 6.07) is 5.49. The molecule has 262 valence electrons. The maximum Gasteiger partial charge on any atom is 0.387 e. The van der Waals surface area contributed by atoms with Crippen molar-refractivity contribution in [1.29, 1.82) is 0 Å². The van der Waals surface area contributed by atoms with Crippen molar-refractivity contribution in [2.75, 3.05) is 64.1 Å². The fraction of sp³-hybridized carbons (Fsp3) is 0.515. The third-order valence-corrected chi connectivity index (χ3v) is 10.5. The number of fused-ring (bicyclic) bond motifs is 1. The summed E-state index contributed by atoms with van der Waals surface area (Å²) in [6.45, 7) is 5.83. The largest absolute Gasteiger partial charge is 0.434 e. The predicted octanol–water partition coefficient (Wildman–Crippen LogP) is 2.84. The molecule has 0 radical (unpaired) electrons. The zero-order valence-electron chi connectivity index (χ0n) is 27.6. The van der Waals surface area contributed by atoms with Crippen molar-refractivity contribution >= 4 is 35.5 Å². The number of nitrogens with one attached hydrogen (secondary N) is 2. The van der Waals surface area contributed by atoms with Gasteiger partial charge in [0.2, 0.25) is 5.91 Å². The van der Waals surface area contributed by atoms with Crippen LogP contribution in [0.5, 0.6) is 5.75 Å². The molecule has 7 rings (SSSR count). The summed E-state index contributed by atoms with van der Waals surface area (Å²) in [7, 11) is 0. The number of amides is 2. The number of piperazine rings is 1. The van der Waals surface area contributed by atoms with Crippen molar-refractivity contribution in [2.24, 2.45) is 4.99 Å². The molecule has 16 heteroatoms. The van der Waals surface area contributed by atoms with Gasteiger partial charge in [-0.2, -0.15) is 13.9 Å². The van der Waals surface area contributed by atoms with Crippen LogP contribution in [0.25, 0.3) is 11.3 Å². The SMILES string of the molecule is CSc1ccc(OC(F)F)c(-c2nn(CC(=O)N3CCC(N4CCN(C5COC5)CC4)CC3)cc2NC(=O)C2=C3N=CC=CN3NC2C)c1. The fourth-order valence-corrected chi connectivity index (χ4v) is 7.50. The highest BCUT2D eigenvalue weighted by Crippen LogP contribution is 2.38. The summed E-state index contributed by atoms with van der Waals surface area (Å²) >= 11 is 1.43. The third kappa shape index (κ3) is 7.24.